The van der Waals surface area contributed by atoms with Crippen molar-refractivity contribution in [2.24, 2.45) is 0 Å². The molecule has 0 unspecified atom stereocenters. The van der Waals surface area contributed by atoms with E-state index in [0.29, 0.717) is 6.10 Å². The lowest BCUT2D eigenvalue weighted by molar-refractivity contribution is 0.260. The van der Waals surface area contributed by atoms with Crippen LogP contribution in [-0.4, -0.2) is 15.9 Å². The Balaban J connectivity index is 2.57. The predicted molar refractivity (Wildman–Crippen MR) is 55.6 cm³/mol. The van der Waals surface area contributed by atoms with E-state index < -0.39 is 9.76 Å². The van der Waals surface area contributed by atoms with Crippen LogP contribution >= 0.6 is 0 Å². The fourth-order valence-corrected chi connectivity index (χ4v) is 2.12. The van der Waals surface area contributed by atoms with Crippen molar-refractivity contribution in [1.82, 2.24) is 0 Å². The zero-order valence-electron chi connectivity index (χ0n) is 8.00. The fraction of sp³-hybridized carbons (Fsp3) is 0.400. The van der Waals surface area contributed by atoms with Gasteiger partial charge in [0.25, 0.3) is 0 Å². The van der Waals surface area contributed by atoms with Gasteiger partial charge in [-0.25, -0.2) is 0 Å². The van der Waals surface area contributed by atoms with E-state index in [1.165, 1.54) is 10.8 Å². The molecule has 0 aliphatic carbocycles. The quantitative estimate of drug-likeness (QED) is 0.634. The van der Waals surface area contributed by atoms with Crippen LogP contribution in [0.15, 0.2) is 24.3 Å². The highest BCUT2D eigenvalue weighted by Gasteiger charge is 1.99. The Labute approximate surface area is 76.7 Å². The molecule has 0 aliphatic rings. The zero-order valence-corrected chi connectivity index (χ0v) is 9.42. The highest BCUT2D eigenvalue weighted by atomic mass is 28.2. The zero-order chi connectivity index (χ0) is 8.97. The minimum atomic E-state index is -0.488. The van der Waals surface area contributed by atoms with E-state index in [9.17, 15) is 0 Å². The Morgan fingerprint density at radius 1 is 1.25 bits per heavy atom. The maximum Gasteiger partial charge on any atom is 0.192 e. The summed E-state index contributed by atoms with van der Waals surface area (Å²) in [7, 11) is -0.488. The normalized spacial score (nSPS) is 11.7. The van der Waals surface area contributed by atoms with Crippen molar-refractivity contribution in [1.29, 1.82) is 0 Å². The second-order valence-electron chi connectivity index (χ2n) is 3.29. The third-order valence-corrected chi connectivity index (χ3v) is 3.77. The Morgan fingerprint density at radius 2 is 1.92 bits per heavy atom. The Bertz CT molecular complexity index is 245. The second kappa shape index (κ2) is 4.43. The van der Waals surface area contributed by atoms with Crippen LogP contribution in [0.5, 0.6) is 0 Å². The van der Waals surface area contributed by atoms with Crippen molar-refractivity contribution < 1.29 is 4.43 Å². The molecule has 66 valence electrons. The summed E-state index contributed by atoms with van der Waals surface area (Å²) < 4.78 is 5.65. The van der Waals surface area contributed by atoms with E-state index in [-0.39, 0.29) is 0 Å². The van der Waals surface area contributed by atoms with E-state index in [4.69, 9.17) is 4.43 Å². The number of hydrogen-bond acceptors (Lipinski definition) is 1. The Hall–Kier alpha value is -0.603. The largest absolute Gasteiger partial charge is 0.416 e. The minimum absolute atomic E-state index is 0.372. The third kappa shape index (κ3) is 2.79. The summed E-state index contributed by atoms with van der Waals surface area (Å²) >= 11 is 0. The van der Waals surface area contributed by atoms with Crippen LogP contribution in [0, 0.1) is 6.92 Å². The van der Waals surface area contributed by atoms with Gasteiger partial charge < -0.3 is 4.43 Å². The van der Waals surface area contributed by atoms with Crippen LogP contribution in [0.1, 0.15) is 19.4 Å². The molecule has 1 aromatic carbocycles. The van der Waals surface area contributed by atoms with Crippen molar-refractivity contribution in [2.75, 3.05) is 0 Å². The van der Waals surface area contributed by atoms with Crippen LogP contribution in [0.25, 0.3) is 0 Å². The van der Waals surface area contributed by atoms with Crippen LogP contribution in [0.4, 0.5) is 0 Å². The highest BCUT2D eigenvalue weighted by Crippen LogP contribution is 1.93. The van der Waals surface area contributed by atoms with Crippen LogP contribution < -0.4 is 5.19 Å². The first kappa shape index (κ1) is 9.48. The average molecular weight is 180 g/mol. The maximum absolute atomic E-state index is 5.65. The molecule has 0 saturated carbocycles. The molecule has 0 heterocycles. The van der Waals surface area contributed by atoms with Gasteiger partial charge in [-0.1, -0.05) is 29.8 Å². The van der Waals surface area contributed by atoms with Gasteiger partial charge in [0.2, 0.25) is 0 Å². The number of benzene rings is 1. The molecule has 0 bridgehead atoms. The predicted octanol–water partition coefficient (Wildman–Crippen LogP) is 1.13. The van der Waals surface area contributed by atoms with Crippen molar-refractivity contribution in [3.63, 3.8) is 0 Å². The first-order valence-electron chi connectivity index (χ1n) is 4.36. The molecule has 1 aromatic rings. The smallest absolute Gasteiger partial charge is 0.192 e. The summed E-state index contributed by atoms with van der Waals surface area (Å²) in [5.41, 5.74) is 1.37. The molecule has 0 fully saturated rings. The molecule has 0 spiro atoms. The molecule has 0 aromatic heterocycles. The topological polar surface area (TPSA) is 9.23 Å². The number of hydrogen-bond donors (Lipinski definition) is 0. The van der Waals surface area contributed by atoms with Gasteiger partial charge >= 0.3 is 0 Å². The minimum Gasteiger partial charge on any atom is -0.416 e. The Morgan fingerprint density at radius 3 is 2.50 bits per heavy atom. The van der Waals surface area contributed by atoms with Gasteiger partial charge in [-0.2, -0.15) is 0 Å². The van der Waals surface area contributed by atoms with Crippen molar-refractivity contribution >= 4 is 14.9 Å². The summed E-state index contributed by atoms with van der Waals surface area (Å²) in [6.07, 6.45) is 0.372. The standard InChI is InChI=1S/C10H16OSi/c1-8(2)11-12-10-7-5-4-6-9(10)3/h4-8H,12H2,1-3H3. The van der Waals surface area contributed by atoms with E-state index in [2.05, 4.69) is 45.0 Å². The molecular formula is C10H16OSi. The summed E-state index contributed by atoms with van der Waals surface area (Å²) in [4.78, 5) is 0. The molecule has 1 rings (SSSR count). The highest BCUT2D eigenvalue weighted by molar-refractivity contribution is 6.47. The molecule has 1 nitrogen and oxygen atoms in total. The molecule has 2 heteroatoms. The molecule has 12 heavy (non-hydrogen) atoms. The first-order valence-corrected chi connectivity index (χ1v) is 5.64. The summed E-state index contributed by atoms with van der Waals surface area (Å²) in [5.74, 6) is 0. The third-order valence-electron chi connectivity index (χ3n) is 1.83. The van der Waals surface area contributed by atoms with Crippen LogP contribution in [-0.2, 0) is 4.43 Å². The SMILES string of the molecule is Cc1ccccc1[SiH2]OC(C)C. The average Bonchev–Trinajstić information content (AvgIpc) is 2.03. The van der Waals surface area contributed by atoms with Gasteiger partial charge in [-0.3, -0.25) is 0 Å². The lowest BCUT2D eigenvalue weighted by Crippen LogP contribution is -2.22. The molecule has 0 saturated heterocycles. The number of aryl methyl sites for hydroxylation is 1. The first-order chi connectivity index (χ1) is 5.70. The van der Waals surface area contributed by atoms with Gasteiger partial charge in [0.1, 0.15) is 0 Å². The van der Waals surface area contributed by atoms with E-state index >= 15 is 0 Å². The van der Waals surface area contributed by atoms with Crippen molar-refractivity contribution in [2.45, 2.75) is 26.9 Å². The molecule has 0 radical (unpaired) electrons. The van der Waals surface area contributed by atoms with Crippen LogP contribution in [0.3, 0.4) is 0 Å². The fourth-order valence-electron chi connectivity index (χ4n) is 1.03. The van der Waals surface area contributed by atoms with E-state index in [1.807, 2.05) is 0 Å². The lowest BCUT2D eigenvalue weighted by Gasteiger charge is -2.08. The van der Waals surface area contributed by atoms with E-state index in [0.717, 1.165) is 0 Å². The van der Waals surface area contributed by atoms with Crippen molar-refractivity contribution in [3.05, 3.63) is 29.8 Å². The summed E-state index contributed by atoms with van der Waals surface area (Å²) in [6.45, 7) is 6.32. The molecule has 0 N–H and O–H groups in total. The summed E-state index contributed by atoms with van der Waals surface area (Å²) in [6, 6.07) is 8.47. The number of rotatable bonds is 3. The molecule has 0 aliphatic heterocycles. The van der Waals surface area contributed by atoms with Gasteiger partial charge in [0.15, 0.2) is 9.76 Å². The molecule has 0 atom stereocenters. The monoisotopic (exact) mass is 180 g/mol. The molecule has 0 amide bonds. The van der Waals surface area contributed by atoms with Gasteiger partial charge in [0.05, 0.1) is 0 Å². The molecular weight excluding hydrogens is 164 g/mol. The summed E-state index contributed by atoms with van der Waals surface area (Å²) in [5, 5.41) is 1.42. The van der Waals surface area contributed by atoms with E-state index in [1.54, 1.807) is 0 Å². The van der Waals surface area contributed by atoms with Gasteiger partial charge in [0, 0.05) is 6.10 Å². The van der Waals surface area contributed by atoms with Gasteiger partial charge in [-0.15, -0.1) is 0 Å². The van der Waals surface area contributed by atoms with Gasteiger partial charge in [-0.05, 0) is 26.0 Å². The lowest BCUT2D eigenvalue weighted by atomic mass is 10.2. The van der Waals surface area contributed by atoms with Crippen molar-refractivity contribution in [3.8, 4) is 0 Å². The second-order valence-corrected chi connectivity index (χ2v) is 4.67. The van der Waals surface area contributed by atoms with Crippen LogP contribution in [0.2, 0.25) is 0 Å². The maximum atomic E-state index is 5.65. The Kier molecular flexibility index (Phi) is 3.50.